The second-order valence-corrected chi connectivity index (χ2v) is 5.39. The first-order valence-electron chi connectivity index (χ1n) is 7.09. The van der Waals surface area contributed by atoms with Crippen LogP contribution in [-0.4, -0.2) is 13.1 Å². The molecule has 3 aromatic rings. The zero-order chi connectivity index (χ0) is 16.0. The highest BCUT2D eigenvalue weighted by molar-refractivity contribution is 5.99. The molecule has 0 unspecified atom stereocenters. The Bertz CT molecular complexity index is 1000. The molecular formula is C18H12O5. The Labute approximate surface area is 131 Å². The third kappa shape index (κ3) is 2.17. The van der Waals surface area contributed by atoms with Gasteiger partial charge in [0.1, 0.15) is 5.58 Å². The second kappa shape index (κ2) is 4.98. The van der Waals surface area contributed by atoms with Gasteiger partial charge in [-0.15, -0.1) is 0 Å². The molecule has 1 aliphatic rings. The normalized spacial score (nSPS) is 12.6. The van der Waals surface area contributed by atoms with E-state index in [1.165, 1.54) is 6.07 Å². The van der Waals surface area contributed by atoms with Crippen LogP contribution in [0, 0.1) is 6.92 Å². The molecule has 0 saturated carbocycles. The lowest BCUT2D eigenvalue weighted by Gasteiger charge is -2.10. The molecule has 1 aliphatic heterocycles. The minimum Gasteiger partial charge on any atom is -0.454 e. The Hall–Kier alpha value is -3.08. The molecule has 2 heterocycles. The lowest BCUT2D eigenvalue weighted by molar-refractivity contribution is 0.112. The fourth-order valence-corrected chi connectivity index (χ4v) is 2.79. The van der Waals surface area contributed by atoms with E-state index in [2.05, 4.69) is 0 Å². The third-order valence-electron chi connectivity index (χ3n) is 3.86. The van der Waals surface area contributed by atoms with Crippen LogP contribution in [-0.2, 0) is 0 Å². The van der Waals surface area contributed by atoms with E-state index in [-0.39, 0.29) is 6.79 Å². The molecule has 0 radical (unpaired) electrons. The van der Waals surface area contributed by atoms with Gasteiger partial charge in [0.25, 0.3) is 0 Å². The van der Waals surface area contributed by atoms with Gasteiger partial charge in [0.2, 0.25) is 6.79 Å². The maximum Gasteiger partial charge on any atom is 0.336 e. The molecule has 0 aliphatic carbocycles. The highest BCUT2D eigenvalue weighted by Crippen LogP contribution is 2.39. The summed E-state index contributed by atoms with van der Waals surface area (Å²) in [5.41, 5.74) is 2.73. The average Bonchev–Trinajstić information content (AvgIpc) is 3.00. The zero-order valence-electron chi connectivity index (χ0n) is 12.3. The number of fused-ring (bicyclic) bond motifs is 2. The molecule has 5 nitrogen and oxygen atoms in total. The minimum atomic E-state index is -0.467. The van der Waals surface area contributed by atoms with Crippen molar-refractivity contribution in [1.29, 1.82) is 0 Å². The molecule has 0 amide bonds. The largest absolute Gasteiger partial charge is 0.454 e. The van der Waals surface area contributed by atoms with Crippen LogP contribution < -0.4 is 15.1 Å². The van der Waals surface area contributed by atoms with Gasteiger partial charge in [0, 0.05) is 22.6 Å². The topological polar surface area (TPSA) is 65.7 Å². The smallest absolute Gasteiger partial charge is 0.336 e. The predicted molar refractivity (Wildman–Crippen MR) is 84.2 cm³/mol. The number of aldehydes is 1. The standard InChI is InChI=1S/C18H12O5/c1-10-2-3-15-14(4-10)13(7-18(20)23-15)12-6-17-16(21-9-22-17)5-11(12)8-19/h2-8H,9H2,1H3. The Morgan fingerprint density at radius 3 is 2.57 bits per heavy atom. The van der Waals surface area contributed by atoms with Gasteiger partial charge in [0.15, 0.2) is 17.8 Å². The van der Waals surface area contributed by atoms with Gasteiger partial charge in [-0.3, -0.25) is 4.79 Å². The van der Waals surface area contributed by atoms with E-state index < -0.39 is 5.63 Å². The fraction of sp³-hybridized carbons (Fsp3) is 0.111. The van der Waals surface area contributed by atoms with Crippen molar-refractivity contribution in [3.05, 3.63) is 57.9 Å². The van der Waals surface area contributed by atoms with Crippen LogP contribution in [0.15, 0.2) is 45.6 Å². The molecule has 0 N–H and O–H groups in total. The molecule has 0 spiro atoms. The molecule has 114 valence electrons. The number of hydrogen-bond acceptors (Lipinski definition) is 5. The molecule has 1 aromatic heterocycles. The Morgan fingerprint density at radius 1 is 1.00 bits per heavy atom. The summed E-state index contributed by atoms with van der Waals surface area (Å²) in [6, 6.07) is 10.3. The molecule has 5 heteroatoms. The van der Waals surface area contributed by atoms with Gasteiger partial charge in [-0.2, -0.15) is 0 Å². The Balaban J connectivity index is 2.08. The fourth-order valence-electron chi connectivity index (χ4n) is 2.79. The summed E-state index contributed by atoms with van der Waals surface area (Å²) in [7, 11) is 0. The zero-order valence-corrected chi connectivity index (χ0v) is 12.3. The van der Waals surface area contributed by atoms with Crippen molar-refractivity contribution in [2.24, 2.45) is 0 Å². The maximum atomic E-state index is 11.9. The molecule has 23 heavy (non-hydrogen) atoms. The van der Waals surface area contributed by atoms with Crippen LogP contribution in [0.2, 0.25) is 0 Å². The second-order valence-electron chi connectivity index (χ2n) is 5.39. The van der Waals surface area contributed by atoms with E-state index in [1.807, 2.05) is 19.1 Å². The van der Waals surface area contributed by atoms with Gasteiger partial charge < -0.3 is 13.9 Å². The van der Waals surface area contributed by atoms with Crippen LogP contribution in [0.25, 0.3) is 22.1 Å². The van der Waals surface area contributed by atoms with E-state index in [1.54, 1.807) is 18.2 Å². The molecule has 0 bridgehead atoms. The molecule has 4 rings (SSSR count). The van der Waals surface area contributed by atoms with Crippen LogP contribution in [0.1, 0.15) is 15.9 Å². The van der Waals surface area contributed by atoms with Crippen molar-refractivity contribution >= 4 is 17.3 Å². The first-order chi connectivity index (χ1) is 11.2. The number of carbonyl (C=O) groups excluding carboxylic acids is 1. The first-order valence-corrected chi connectivity index (χ1v) is 7.09. The monoisotopic (exact) mass is 308 g/mol. The lowest BCUT2D eigenvalue weighted by Crippen LogP contribution is -2.00. The number of ether oxygens (including phenoxy) is 2. The summed E-state index contributed by atoms with van der Waals surface area (Å²) < 4.78 is 15.9. The number of rotatable bonds is 2. The molecular weight excluding hydrogens is 296 g/mol. The van der Waals surface area contributed by atoms with Crippen LogP contribution in [0.3, 0.4) is 0 Å². The average molecular weight is 308 g/mol. The Kier molecular flexibility index (Phi) is 2.94. The van der Waals surface area contributed by atoms with Crippen molar-refractivity contribution in [3.8, 4) is 22.6 Å². The summed E-state index contributed by atoms with van der Waals surface area (Å²) in [5, 5.41) is 0.770. The SMILES string of the molecule is Cc1ccc2oc(=O)cc(-c3cc4c(cc3C=O)OCO4)c2c1. The summed E-state index contributed by atoms with van der Waals surface area (Å²) >= 11 is 0. The maximum absolute atomic E-state index is 11.9. The third-order valence-corrected chi connectivity index (χ3v) is 3.86. The van der Waals surface area contributed by atoms with Gasteiger partial charge in [-0.25, -0.2) is 4.79 Å². The van der Waals surface area contributed by atoms with Crippen LogP contribution in [0.5, 0.6) is 11.5 Å². The van der Waals surface area contributed by atoms with Crippen molar-refractivity contribution in [2.45, 2.75) is 6.92 Å². The summed E-state index contributed by atoms with van der Waals surface area (Å²) in [4.78, 5) is 23.4. The first kappa shape index (κ1) is 13.6. The van der Waals surface area contributed by atoms with E-state index >= 15 is 0 Å². The number of hydrogen-bond donors (Lipinski definition) is 0. The van der Waals surface area contributed by atoms with Gasteiger partial charge in [-0.1, -0.05) is 11.6 Å². The van der Waals surface area contributed by atoms with Crippen molar-refractivity contribution in [1.82, 2.24) is 0 Å². The van der Waals surface area contributed by atoms with E-state index in [0.717, 1.165) is 17.2 Å². The number of benzene rings is 2. The van der Waals surface area contributed by atoms with Gasteiger partial charge in [0.05, 0.1) is 0 Å². The number of aryl methyl sites for hydroxylation is 1. The molecule has 0 saturated heterocycles. The summed E-state index contributed by atoms with van der Waals surface area (Å²) in [6.45, 7) is 2.07. The van der Waals surface area contributed by atoms with Crippen LogP contribution >= 0.6 is 0 Å². The minimum absolute atomic E-state index is 0.119. The van der Waals surface area contributed by atoms with Crippen LogP contribution in [0.4, 0.5) is 0 Å². The van der Waals surface area contributed by atoms with E-state index in [9.17, 15) is 9.59 Å². The molecule has 0 fully saturated rings. The van der Waals surface area contributed by atoms with Crippen molar-refractivity contribution in [3.63, 3.8) is 0 Å². The summed E-state index contributed by atoms with van der Waals surface area (Å²) in [6.07, 6.45) is 0.744. The Morgan fingerprint density at radius 2 is 1.78 bits per heavy atom. The quantitative estimate of drug-likeness (QED) is 0.537. The number of carbonyl (C=O) groups is 1. The van der Waals surface area contributed by atoms with Crippen molar-refractivity contribution in [2.75, 3.05) is 6.79 Å². The molecule has 2 aromatic carbocycles. The summed E-state index contributed by atoms with van der Waals surface area (Å²) in [5.74, 6) is 1.08. The highest BCUT2D eigenvalue weighted by Gasteiger charge is 2.19. The van der Waals surface area contributed by atoms with Gasteiger partial charge >= 0.3 is 5.63 Å². The van der Waals surface area contributed by atoms with Gasteiger partial charge in [-0.05, 0) is 36.8 Å². The highest BCUT2D eigenvalue weighted by atomic mass is 16.7. The van der Waals surface area contributed by atoms with Crippen molar-refractivity contribution < 1.29 is 18.7 Å². The predicted octanol–water partition coefficient (Wildman–Crippen LogP) is 3.31. The molecule has 0 atom stereocenters. The van der Waals surface area contributed by atoms with E-state index in [4.69, 9.17) is 13.9 Å². The lowest BCUT2D eigenvalue weighted by atomic mass is 9.96. The van der Waals surface area contributed by atoms with E-state index in [0.29, 0.717) is 33.8 Å².